The van der Waals surface area contributed by atoms with E-state index in [1.165, 1.54) is 0 Å². The third kappa shape index (κ3) is 8.52. The lowest BCUT2D eigenvalue weighted by atomic mass is 10.00. The molecule has 0 aliphatic heterocycles. The van der Waals surface area contributed by atoms with Gasteiger partial charge in [-0.2, -0.15) is 12.6 Å². The number of hydrogen-bond acceptors (Lipinski definition) is 6. The average Bonchev–Trinajstić information content (AvgIpc) is 2.54. The molecule has 3 atom stereocenters. The van der Waals surface area contributed by atoms with E-state index < -0.39 is 41.8 Å². The van der Waals surface area contributed by atoms with E-state index in [9.17, 15) is 24.3 Å². The van der Waals surface area contributed by atoms with E-state index in [-0.39, 0.29) is 24.1 Å². The van der Waals surface area contributed by atoms with E-state index in [1.807, 2.05) is 13.8 Å². The highest BCUT2D eigenvalue weighted by molar-refractivity contribution is 7.80. The minimum Gasteiger partial charge on any atom is -0.480 e. The van der Waals surface area contributed by atoms with Crippen LogP contribution in [0.4, 0.5) is 0 Å². The molecule has 150 valence electrons. The molecule has 6 N–H and O–H groups in total. The van der Waals surface area contributed by atoms with E-state index in [1.54, 1.807) is 13.8 Å². The molecule has 0 aromatic rings. The predicted molar refractivity (Wildman–Crippen MR) is 101 cm³/mol. The third-order valence-corrected chi connectivity index (χ3v) is 3.96. The summed E-state index contributed by atoms with van der Waals surface area (Å²) in [5.74, 6) is -3.06. The van der Waals surface area contributed by atoms with Gasteiger partial charge in [0.2, 0.25) is 17.7 Å². The molecular formula is C16H30N4O5S. The normalized spacial score (nSPS) is 14.5. The quantitative estimate of drug-likeness (QED) is 0.252. The summed E-state index contributed by atoms with van der Waals surface area (Å²) in [6, 6.07) is -2.94. The van der Waals surface area contributed by atoms with Gasteiger partial charge in [-0.3, -0.25) is 14.4 Å². The zero-order valence-electron chi connectivity index (χ0n) is 15.6. The molecule has 0 aliphatic rings. The minimum absolute atomic E-state index is 0.0251. The molecule has 10 heteroatoms. The SMILES string of the molecule is CC(C)CC(NC(=O)C(CS)NC(=O)CN)C(=O)NC(C(=O)O)C(C)C. The first-order valence-electron chi connectivity index (χ1n) is 8.47. The Bertz CT molecular complexity index is 513. The predicted octanol–water partition coefficient (Wildman–Crippen LogP) is -0.884. The lowest BCUT2D eigenvalue weighted by Crippen LogP contribution is -2.57. The molecule has 0 aromatic heterocycles. The number of nitrogens with one attached hydrogen (secondary N) is 3. The standard InChI is InChI=1S/C16H30N4O5S/c1-8(2)5-10(14(22)20-13(9(3)4)16(24)25)19-15(23)11(7-26)18-12(21)6-17/h8-11,13,26H,5-7,17H2,1-4H3,(H,18,21)(H,19,23)(H,20,22)(H,24,25). The minimum atomic E-state index is -1.15. The molecule has 0 fully saturated rings. The van der Waals surface area contributed by atoms with Crippen LogP contribution in [0.2, 0.25) is 0 Å². The Morgan fingerprint density at radius 1 is 0.962 bits per heavy atom. The van der Waals surface area contributed by atoms with Crippen LogP contribution < -0.4 is 21.7 Å². The fourth-order valence-electron chi connectivity index (χ4n) is 2.19. The van der Waals surface area contributed by atoms with Crippen molar-refractivity contribution in [1.82, 2.24) is 16.0 Å². The maximum Gasteiger partial charge on any atom is 0.326 e. The number of amides is 3. The first-order chi connectivity index (χ1) is 12.0. The van der Waals surface area contributed by atoms with E-state index in [2.05, 4.69) is 28.6 Å². The lowest BCUT2D eigenvalue weighted by Gasteiger charge is -2.26. The maximum atomic E-state index is 12.5. The van der Waals surface area contributed by atoms with Gasteiger partial charge in [0.1, 0.15) is 18.1 Å². The molecule has 0 aromatic carbocycles. The Labute approximate surface area is 159 Å². The summed E-state index contributed by atoms with van der Waals surface area (Å²) in [6.45, 7) is 6.82. The summed E-state index contributed by atoms with van der Waals surface area (Å²) < 4.78 is 0. The fourth-order valence-corrected chi connectivity index (χ4v) is 2.45. The number of carboxylic acids is 1. The van der Waals surface area contributed by atoms with Crippen LogP contribution in [0.25, 0.3) is 0 Å². The molecule has 3 unspecified atom stereocenters. The number of carbonyl (C=O) groups excluding carboxylic acids is 3. The van der Waals surface area contributed by atoms with Gasteiger partial charge in [-0.05, 0) is 18.3 Å². The maximum absolute atomic E-state index is 12.5. The Kier molecular flexibility index (Phi) is 10.9. The van der Waals surface area contributed by atoms with Gasteiger partial charge in [-0.25, -0.2) is 4.79 Å². The number of nitrogens with two attached hydrogens (primary N) is 1. The fraction of sp³-hybridized carbons (Fsp3) is 0.750. The van der Waals surface area contributed by atoms with Crippen LogP contribution in [-0.4, -0.2) is 59.2 Å². The first-order valence-corrected chi connectivity index (χ1v) is 9.10. The highest BCUT2D eigenvalue weighted by Gasteiger charge is 2.30. The topological polar surface area (TPSA) is 151 Å². The lowest BCUT2D eigenvalue weighted by molar-refractivity contribution is -0.143. The molecule has 26 heavy (non-hydrogen) atoms. The number of aliphatic carboxylic acids is 1. The van der Waals surface area contributed by atoms with Crippen molar-refractivity contribution in [3.05, 3.63) is 0 Å². The Balaban J connectivity index is 5.17. The number of rotatable bonds is 11. The van der Waals surface area contributed by atoms with Gasteiger partial charge < -0.3 is 26.8 Å². The van der Waals surface area contributed by atoms with Crippen LogP contribution in [0.5, 0.6) is 0 Å². The second-order valence-electron chi connectivity index (χ2n) is 6.77. The van der Waals surface area contributed by atoms with Crippen molar-refractivity contribution in [1.29, 1.82) is 0 Å². The van der Waals surface area contributed by atoms with Crippen molar-refractivity contribution in [2.24, 2.45) is 17.6 Å². The molecule has 0 aliphatic carbocycles. The van der Waals surface area contributed by atoms with Gasteiger partial charge in [-0.15, -0.1) is 0 Å². The average molecular weight is 391 g/mol. The summed E-state index contributed by atoms with van der Waals surface area (Å²) in [5.41, 5.74) is 5.21. The number of carbonyl (C=O) groups is 4. The van der Waals surface area contributed by atoms with Crippen molar-refractivity contribution in [2.45, 2.75) is 52.2 Å². The number of thiol groups is 1. The molecule has 0 saturated carbocycles. The summed E-state index contributed by atoms with van der Waals surface area (Å²) >= 11 is 4.03. The van der Waals surface area contributed by atoms with Crippen molar-refractivity contribution < 1.29 is 24.3 Å². The monoisotopic (exact) mass is 390 g/mol. The van der Waals surface area contributed by atoms with Crippen LogP contribution in [0.1, 0.15) is 34.1 Å². The van der Waals surface area contributed by atoms with Crippen LogP contribution in [0.15, 0.2) is 0 Å². The van der Waals surface area contributed by atoms with Gasteiger partial charge >= 0.3 is 5.97 Å². The number of hydrogen-bond donors (Lipinski definition) is 6. The molecular weight excluding hydrogens is 360 g/mol. The van der Waals surface area contributed by atoms with Crippen molar-refractivity contribution in [3.8, 4) is 0 Å². The molecule has 0 heterocycles. The Morgan fingerprint density at radius 3 is 1.88 bits per heavy atom. The molecule has 0 radical (unpaired) electrons. The summed E-state index contributed by atoms with van der Waals surface area (Å²) in [6.07, 6.45) is 0.312. The highest BCUT2D eigenvalue weighted by atomic mass is 32.1. The molecule has 0 bridgehead atoms. The number of carboxylic acid groups (broad SMARTS) is 1. The van der Waals surface area contributed by atoms with Gasteiger partial charge in [-0.1, -0.05) is 27.7 Å². The zero-order valence-corrected chi connectivity index (χ0v) is 16.5. The third-order valence-electron chi connectivity index (χ3n) is 3.59. The Hall–Kier alpha value is -1.81. The van der Waals surface area contributed by atoms with Crippen LogP contribution >= 0.6 is 12.6 Å². The smallest absolute Gasteiger partial charge is 0.326 e. The Morgan fingerprint density at radius 2 is 1.50 bits per heavy atom. The van der Waals surface area contributed by atoms with Crippen molar-refractivity contribution >= 4 is 36.3 Å². The van der Waals surface area contributed by atoms with Gasteiger partial charge in [0.15, 0.2) is 0 Å². The molecule has 9 nitrogen and oxygen atoms in total. The van der Waals surface area contributed by atoms with Crippen molar-refractivity contribution in [2.75, 3.05) is 12.3 Å². The van der Waals surface area contributed by atoms with Crippen LogP contribution in [0, 0.1) is 11.8 Å². The van der Waals surface area contributed by atoms with Crippen LogP contribution in [0.3, 0.4) is 0 Å². The van der Waals surface area contributed by atoms with Gasteiger partial charge in [0.05, 0.1) is 6.54 Å². The van der Waals surface area contributed by atoms with Crippen molar-refractivity contribution in [3.63, 3.8) is 0 Å². The van der Waals surface area contributed by atoms with E-state index >= 15 is 0 Å². The van der Waals surface area contributed by atoms with Crippen LogP contribution in [-0.2, 0) is 19.2 Å². The van der Waals surface area contributed by atoms with E-state index in [4.69, 9.17) is 5.73 Å². The zero-order chi connectivity index (χ0) is 20.4. The second-order valence-corrected chi connectivity index (χ2v) is 7.13. The molecule has 0 rings (SSSR count). The van der Waals surface area contributed by atoms with E-state index in [0.29, 0.717) is 6.42 Å². The van der Waals surface area contributed by atoms with Gasteiger partial charge in [0, 0.05) is 5.75 Å². The first kappa shape index (κ1) is 24.2. The highest BCUT2D eigenvalue weighted by Crippen LogP contribution is 2.08. The molecule has 3 amide bonds. The summed E-state index contributed by atoms with van der Waals surface area (Å²) in [7, 11) is 0. The van der Waals surface area contributed by atoms with E-state index in [0.717, 1.165) is 0 Å². The van der Waals surface area contributed by atoms with Gasteiger partial charge in [0.25, 0.3) is 0 Å². The molecule has 0 saturated heterocycles. The second kappa shape index (κ2) is 11.7. The largest absolute Gasteiger partial charge is 0.480 e. The summed E-state index contributed by atoms with van der Waals surface area (Å²) in [5, 5.41) is 16.7. The molecule has 0 spiro atoms. The summed E-state index contributed by atoms with van der Waals surface area (Å²) in [4.78, 5) is 47.5.